The van der Waals surface area contributed by atoms with E-state index >= 15 is 0 Å². The Balaban J connectivity index is 1.66. The van der Waals surface area contributed by atoms with E-state index in [2.05, 4.69) is 11.7 Å². The monoisotopic (exact) mass is 442 g/mol. The zero-order valence-electron chi connectivity index (χ0n) is 17.1. The minimum Gasteiger partial charge on any atom is -0.429 e. The van der Waals surface area contributed by atoms with Crippen LogP contribution in [0.5, 0.6) is 5.75 Å². The molecular weight excluding hydrogens is 418 g/mol. The van der Waals surface area contributed by atoms with E-state index in [1.54, 1.807) is 6.07 Å². The summed E-state index contributed by atoms with van der Waals surface area (Å²) >= 11 is 0. The van der Waals surface area contributed by atoms with E-state index in [1.807, 2.05) is 0 Å². The van der Waals surface area contributed by atoms with Crippen molar-refractivity contribution in [3.63, 3.8) is 0 Å². The smallest absolute Gasteiger partial charge is 0.419 e. The van der Waals surface area contributed by atoms with E-state index in [0.29, 0.717) is 12.1 Å². The van der Waals surface area contributed by atoms with Crippen molar-refractivity contribution in [3.8, 4) is 5.75 Å². The Hall–Kier alpha value is -2.44. The van der Waals surface area contributed by atoms with Crippen molar-refractivity contribution in [2.24, 2.45) is 5.92 Å². The minimum atomic E-state index is -3.99. The van der Waals surface area contributed by atoms with E-state index in [9.17, 15) is 26.3 Å². The van der Waals surface area contributed by atoms with Crippen molar-refractivity contribution >= 4 is 6.08 Å². The molecule has 0 radical (unpaired) electrons. The first kappa shape index (κ1) is 23.2. The highest BCUT2D eigenvalue weighted by Gasteiger charge is 2.29. The molecule has 1 aliphatic carbocycles. The van der Waals surface area contributed by atoms with E-state index in [1.165, 1.54) is 18.6 Å². The topological polar surface area (TPSA) is 9.23 Å². The lowest BCUT2D eigenvalue weighted by atomic mass is 9.77. The van der Waals surface area contributed by atoms with Gasteiger partial charge in [-0.3, -0.25) is 0 Å². The summed E-state index contributed by atoms with van der Waals surface area (Å²) in [5.74, 6) is -5.64. The molecule has 0 atom stereocenters. The van der Waals surface area contributed by atoms with Crippen LogP contribution in [0, 0.1) is 29.2 Å². The highest BCUT2D eigenvalue weighted by molar-refractivity contribution is 5.52. The largest absolute Gasteiger partial charge is 0.429 e. The number of ether oxygens (including phenoxy) is 1. The van der Waals surface area contributed by atoms with E-state index in [0.717, 1.165) is 49.7 Å². The van der Waals surface area contributed by atoms with Gasteiger partial charge in [0.15, 0.2) is 17.5 Å². The van der Waals surface area contributed by atoms with E-state index in [-0.39, 0.29) is 17.6 Å². The molecule has 1 fully saturated rings. The maximum atomic E-state index is 14.5. The normalized spacial score (nSPS) is 19.7. The molecule has 2 aromatic rings. The molecule has 1 nitrogen and oxygen atoms in total. The molecule has 7 heteroatoms. The fourth-order valence-corrected chi connectivity index (χ4v) is 4.09. The Kier molecular flexibility index (Phi) is 7.34. The van der Waals surface area contributed by atoms with Crippen LogP contribution in [0.15, 0.2) is 36.4 Å². The summed E-state index contributed by atoms with van der Waals surface area (Å²) < 4.78 is 86.0. The Morgan fingerprint density at radius 2 is 1.58 bits per heavy atom. The molecule has 31 heavy (non-hydrogen) atoms. The van der Waals surface area contributed by atoms with Gasteiger partial charge < -0.3 is 4.74 Å². The molecule has 0 aliphatic heterocycles. The average Bonchev–Trinajstić information content (AvgIpc) is 2.71. The van der Waals surface area contributed by atoms with Gasteiger partial charge in [-0.2, -0.15) is 8.78 Å². The van der Waals surface area contributed by atoms with Crippen LogP contribution in [0.2, 0.25) is 0 Å². The number of hydrogen-bond donors (Lipinski definition) is 0. The summed E-state index contributed by atoms with van der Waals surface area (Å²) in [5.41, 5.74) is 0.785. The predicted octanol–water partition coefficient (Wildman–Crippen LogP) is 8.00. The molecule has 0 heterocycles. The van der Waals surface area contributed by atoms with Crippen LogP contribution >= 0.6 is 0 Å². The van der Waals surface area contributed by atoms with Crippen LogP contribution in [0.1, 0.15) is 62.5 Å². The van der Waals surface area contributed by atoms with Gasteiger partial charge in [0.05, 0.1) is 0 Å². The van der Waals surface area contributed by atoms with Crippen LogP contribution in [0.4, 0.5) is 26.3 Å². The van der Waals surface area contributed by atoms with E-state index < -0.39 is 35.1 Å². The van der Waals surface area contributed by atoms with Crippen molar-refractivity contribution in [2.45, 2.75) is 57.5 Å². The van der Waals surface area contributed by atoms with Crippen LogP contribution < -0.4 is 4.74 Å². The summed E-state index contributed by atoms with van der Waals surface area (Å²) in [6, 6.07) is 5.15. The zero-order chi connectivity index (χ0) is 22.6. The van der Waals surface area contributed by atoms with Crippen molar-refractivity contribution < 1.29 is 31.1 Å². The summed E-state index contributed by atoms with van der Waals surface area (Å²) in [7, 11) is 0. The Morgan fingerprint density at radius 3 is 2.16 bits per heavy atom. The molecule has 0 bridgehead atoms. The average molecular weight is 442 g/mol. The molecule has 0 spiro atoms. The van der Waals surface area contributed by atoms with Gasteiger partial charge in [-0.15, -0.1) is 0 Å². The first-order chi connectivity index (χ1) is 14.7. The fourth-order valence-electron chi connectivity index (χ4n) is 4.09. The molecule has 3 rings (SSSR count). The Bertz CT molecular complexity index is 909. The van der Waals surface area contributed by atoms with Crippen LogP contribution in [0.25, 0.3) is 6.08 Å². The molecule has 0 amide bonds. The van der Waals surface area contributed by atoms with Gasteiger partial charge in [-0.05, 0) is 55.2 Å². The SMILES string of the molecule is CCCC1CCC(c2ccc(/C=C/C(F)(F)Oc3cc(F)c(F)c(F)c3)c(F)c2)CC1. The lowest BCUT2D eigenvalue weighted by Gasteiger charge is -2.28. The molecular formula is C24H24F6O. The molecule has 0 saturated heterocycles. The highest BCUT2D eigenvalue weighted by Crippen LogP contribution is 2.38. The molecule has 0 unspecified atom stereocenters. The maximum Gasteiger partial charge on any atom is 0.419 e. The summed E-state index contributed by atoms with van der Waals surface area (Å²) in [6.07, 6.45) is 3.67. The first-order valence-corrected chi connectivity index (χ1v) is 10.4. The minimum absolute atomic E-state index is 0.0665. The van der Waals surface area contributed by atoms with Gasteiger partial charge in [0.2, 0.25) is 0 Å². The van der Waals surface area contributed by atoms with Gasteiger partial charge in [0, 0.05) is 23.8 Å². The maximum absolute atomic E-state index is 14.5. The number of rotatable bonds is 7. The summed E-state index contributed by atoms with van der Waals surface area (Å²) in [4.78, 5) is 0. The molecule has 0 N–H and O–H groups in total. The third-order valence-electron chi connectivity index (χ3n) is 5.71. The van der Waals surface area contributed by atoms with Crippen molar-refractivity contribution in [1.29, 1.82) is 0 Å². The number of hydrogen-bond acceptors (Lipinski definition) is 1. The first-order valence-electron chi connectivity index (χ1n) is 10.4. The Morgan fingerprint density at radius 1 is 0.935 bits per heavy atom. The van der Waals surface area contributed by atoms with Crippen LogP contribution in [-0.4, -0.2) is 6.11 Å². The molecule has 168 valence electrons. The van der Waals surface area contributed by atoms with Crippen LogP contribution in [-0.2, 0) is 0 Å². The lowest BCUT2D eigenvalue weighted by molar-refractivity contribution is -0.131. The molecule has 2 aromatic carbocycles. The summed E-state index contributed by atoms with van der Waals surface area (Å²) in [5, 5.41) is 0. The number of benzene rings is 2. The van der Waals surface area contributed by atoms with Gasteiger partial charge in [0.25, 0.3) is 0 Å². The fraction of sp³-hybridized carbons (Fsp3) is 0.417. The highest BCUT2D eigenvalue weighted by atomic mass is 19.3. The second kappa shape index (κ2) is 9.79. The molecule has 0 aromatic heterocycles. The van der Waals surface area contributed by atoms with Crippen molar-refractivity contribution in [1.82, 2.24) is 0 Å². The van der Waals surface area contributed by atoms with Crippen molar-refractivity contribution in [2.75, 3.05) is 0 Å². The van der Waals surface area contributed by atoms with Gasteiger partial charge in [-0.25, -0.2) is 17.6 Å². The van der Waals surface area contributed by atoms with Crippen LogP contribution in [0.3, 0.4) is 0 Å². The van der Waals surface area contributed by atoms with Gasteiger partial charge in [0.1, 0.15) is 11.6 Å². The number of alkyl halides is 2. The zero-order valence-corrected chi connectivity index (χ0v) is 17.1. The van der Waals surface area contributed by atoms with Gasteiger partial charge >= 0.3 is 6.11 Å². The summed E-state index contributed by atoms with van der Waals surface area (Å²) in [6.45, 7) is 2.17. The molecule has 1 aliphatic rings. The molecule has 1 saturated carbocycles. The predicted molar refractivity (Wildman–Crippen MR) is 107 cm³/mol. The second-order valence-electron chi connectivity index (χ2n) is 7.99. The van der Waals surface area contributed by atoms with Crippen molar-refractivity contribution in [3.05, 3.63) is 70.8 Å². The lowest BCUT2D eigenvalue weighted by Crippen LogP contribution is -2.21. The van der Waals surface area contributed by atoms with E-state index in [4.69, 9.17) is 0 Å². The number of halogens is 6. The third kappa shape index (κ3) is 6.05. The second-order valence-corrected chi connectivity index (χ2v) is 7.99. The quantitative estimate of drug-likeness (QED) is 0.312. The standard InChI is InChI=1S/C24H24F6O/c1-2-3-15-4-6-16(7-5-15)18-9-8-17(20(25)12-18)10-11-24(29,30)31-19-13-21(26)23(28)22(27)14-19/h8-16H,2-7H2,1H3/b11-10+. The third-order valence-corrected chi connectivity index (χ3v) is 5.71. The van der Waals surface area contributed by atoms with Gasteiger partial charge in [-0.1, -0.05) is 31.9 Å². The Labute approximate surface area is 177 Å².